The molecule has 0 saturated heterocycles. The van der Waals surface area contributed by atoms with E-state index >= 15 is 0 Å². The van der Waals surface area contributed by atoms with Gasteiger partial charge in [-0.25, -0.2) is 0 Å². The normalized spacial score (nSPS) is 13.2. The standard InChI is InChI=1S/C15H20O/c1-12(2)15(13(3)16)11-7-10-14-8-5-4-6-9-14/h4-10,12,15H,11H2,1-3H3. The van der Waals surface area contributed by atoms with Crippen LogP contribution in [0.4, 0.5) is 0 Å². The van der Waals surface area contributed by atoms with E-state index < -0.39 is 0 Å². The maximum Gasteiger partial charge on any atom is 0.133 e. The van der Waals surface area contributed by atoms with E-state index in [1.807, 2.05) is 18.2 Å². The Kier molecular flexibility index (Phi) is 4.97. The summed E-state index contributed by atoms with van der Waals surface area (Å²) in [6.45, 7) is 5.88. The lowest BCUT2D eigenvalue weighted by molar-refractivity contribution is -0.121. The second-order valence-corrected chi connectivity index (χ2v) is 4.51. The van der Waals surface area contributed by atoms with E-state index in [1.54, 1.807) is 6.92 Å². The van der Waals surface area contributed by atoms with Gasteiger partial charge >= 0.3 is 0 Å². The van der Waals surface area contributed by atoms with Gasteiger partial charge in [0.15, 0.2) is 0 Å². The highest BCUT2D eigenvalue weighted by molar-refractivity contribution is 5.78. The molecule has 1 nitrogen and oxygen atoms in total. The summed E-state index contributed by atoms with van der Waals surface area (Å²) in [6.07, 6.45) is 5.02. The molecule has 0 aliphatic rings. The molecule has 1 atom stereocenters. The molecular formula is C15H20O. The van der Waals surface area contributed by atoms with Crippen molar-refractivity contribution in [3.8, 4) is 0 Å². The van der Waals surface area contributed by atoms with Gasteiger partial charge in [-0.05, 0) is 24.8 Å². The molecule has 0 aromatic heterocycles. The topological polar surface area (TPSA) is 17.1 Å². The zero-order valence-electron chi connectivity index (χ0n) is 10.3. The highest BCUT2D eigenvalue weighted by Gasteiger charge is 2.16. The second kappa shape index (κ2) is 6.26. The fourth-order valence-corrected chi connectivity index (χ4v) is 1.82. The van der Waals surface area contributed by atoms with Gasteiger partial charge in [-0.15, -0.1) is 0 Å². The van der Waals surface area contributed by atoms with Crippen molar-refractivity contribution in [1.29, 1.82) is 0 Å². The van der Waals surface area contributed by atoms with E-state index in [2.05, 4.69) is 38.1 Å². The van der Waals surface area contributed by atoms with Crippen LogP contribution in [-0.2, 0) is 4.79 Å². The van der Waals surface area contributed by atoms with Crippen molar-refractivity contribution < 1.29 is 4.79 Å². The van der Waals surface area contributed by atoms with Crippen molar-refractivity contribution in [1.82, 2.24) is 0 Å². The summed E-state index contributed by atoms with van der Waals surface area (Å²) in [6, 6.07) is 10.2. The molecule has 0 bridgehead atoms. The number of carbonyl (C=O) groups excluding carboxylic acids is 1. The minimum atomic E-state index is 0.153. The van der Waals surface area contributed by atoms with E-state index in [9.17, 15) is 4.79 Å². The largest absolute Gasteiger partial charge is 0.300 e. The van der Waals surface area contributed by atoms with Gasteiger partial charge in [0.25, 0.3) is 0 Å². The molecule has 1 rings (SSSR count). The summed E-state index contributed by atoms with van der Waals surface area (Å²) in [5.74, 6) is 0.852. The third kappa shape index (κ3) is 4.01. The minimum Gasteiger partial charge on any atom is -0.300 e. The first-order valence-electron chi connectivity index (χ1n) is 5.83. The number of ketones is 1. The Labute approximate surface area is 98.2 Å². The number of rotatable bonds is 5. The van der Waals surface area contributed by atoms with Crippen LogP contribution in [0.3, 0.4) is 0 Å². The van der Waals surface area contributed by atoms with Gasteiger partial charge in [0.2, 0.25) is 0 Å². The predicted molar refractivity (Wildman–Crippen MR) is 69.1 cm³/mol. The Morgan fingerprint density at radius 3 is 2.38 bits per heavy atom. The third-order valence-corrected chi connectivity index (χ3v) is 2.83. The molecular weight excluding hydrogens is 196 g/mol. The van der Waals surface area contributed by atoms with E-state index in [0.29, 0.717) is 5.92 Å². The van der Waals surface area contributed by atoms with Crippen LogP contribution in [0.5, 0.6) is 0 Å². The molecule has 0 fully saturated rings. The summed E-state index contributed by atoms with van der Waals surface area (Å²) in [7, 11) is 0. The van der Waals surface area contributed by atoms with Crippen molar-refractivity contribution in [2.75, 3.05) is 0 Å². The Hall–Kier alpha value is -1.37. The van der Waals surface area contributed by atoms with E-state index in [0.717, 1.165) is 6.42 Å². The summed E-state index contributed by atoms with van der Waals surface area (Å²) in [4.78, 5) is 11.4. The van der Waals surface area contributed by atoms with Crippen LogP contribution in [0.2, 0.25) is 0 Å². The molecule has 0 aliphatic carbocycles. The molecule has 1 aromatic rings. The van der Waals surface area contributed by atoms with Crippen LogP contribution in [0.1, 0.15) is 32.8 Å². The van der Waals surface area contributed by atoms with Gasteiger partial charge in [0, 0.05) is 5.92 Å². The van der Waals surface area contributed by atoms with Crippen molar-refractivity contribution in [3.63, 3.8) is 0 Å². The van der Waals surface area contributed by atoms with E-state index in [4.69, 9.17) is 0 Å². The van der Waals surface area contributed by atoms with Crippen molar-refractivity contribution >= 4 is 11.9 Å². The highest BCUT2D eigenvalue weighted by Crippen LogP contribution is 2.17. The summed E-state index contributed by atoms with van der Waals surface area (Å²) in [5, 5.41) is 0. The van der Waals surface area contributed by atoms with Crippen LogP contribution in [0.15, 0.2) is 36.4 Å². The van der Waals surface area contributed by atoms with Crippen LogP contribution in [0.25, 0.3) is 6.08 Å². The quantitative estimate of drug-likeness (QED) is 0.728. The van der Waals surface area contributed by atoms with Crippen LogP contribution in [0, 0.1) is 11.8 Å². The van der Waals surface area contributed by atoms with E-state index in [1.165, 1.54) is 5.56 Å². The third-order valence-electron chi connectivity index (χ3n) is 2.83. The number of Topliss-reactive ketones (excluding diaryl/α,β-unsaturated/α-hetero) is 1. The lowest BCUT2D eigenvalue weighted by atomic mass is 9.89. The second-order valence-electron chi connectivity index (χ2n) is 4.51. The number of allylic oxidation sites excluding steroid dienone is 1. The Morgan fingerprint density at radius 1 is 1.25 bits per heavy atom. The smallest absolute Gasteiger partial charge is 0.133 e. The van der Waals surface area contributed by atoms with Gasteiger partial charge in [-0.3, -0.25) is 4.79 Å². The van der Waals surface area contributed by atoms with Crippen molar-refractivity contribution in [3.05, 3.63) is 42.0 Å². The molecule has 0 spiro atoms. The first kappa shape index (κ1) is 12.7. The Balaban J connectivity index is 2.56. The Morgan fingerprint density at radius 2 is 1.88 bits per heavy atom. The fraction of sp³-hybridized carbons (Fsp3) is 0.400. The average molecular weight is 216 g/mol. The molecule has 1 aromatic carbocycles. The number of benzene rings is 1. The van der Waals surface area contributed by atoms with Crippen LogP contribution >= 0.6 is 0 Å². The van der Waals surface area contributed by atoms with Gasteiger partial charge < -0.3 is 0 Å². The lowest BCUT2D eigenvalue weighted by Crippen LogP contribution is -2.16. The minimum absolute atomic E-state index is 0.153. The summed E-state index contributed by atoms with van der Waals surface area (Å²) >= 11 is 0. The SMILES string of the molecule is CC(=O)C(CC=Cc1ccccc1)C(C)C. The highest BCUT2D eigenvalue weighted by atomic mass is 16.1. The molecule has 0 saturated carbocycles. The maximum atomic E-state index is 11.4. The van der Waals surface area contributed by atoms with Gasteiger partial charge in [0.1, 0.15) is 5.78 Å². The molecule has 0 N–H and O–H groups in total. The number of hydrogen-bond acceptors (Lipinski definition) is 1. The van der Waals surface area contributed by atoms with Crippen LogP contribution < -0.4 is 0 Å². The van der Waals surface area contributed by atoms with Crippen molar-refractivity contribution in [2.45, 2.75) is 27.2 Å². The van der Waals surface area contributed by atoms with Gasteiger partial charge in [0.05, 0.1) is 0 Å². The molecule has 1 heteroatoms. The van der Waals surface area contributed by atoms with Gasteiger partial charge in [-0.1, -0.05) is 56.3 Å². The summed E-state index contributed by atoms with van der Waals surface area (Å²) in [5.41, 5.74) is 1.19. The molecule has 1 unspecified atom stereocenters. The molecule has 0 heterocycles. The monoisotopic (exact) mass is 216 g/mol. The zero-order valence-corrected chi connectivity index (χ0v) is 10.3. The first-order chi connectivity index (χ1) is 7.61. The van der Waals surface area contributed by atoms with Crippen molar-refractivity contribution in [2.24, 2.45) is 11.8 Å². The number of hydrogen-bond donors (Lipinski definition) is 0. The summed E-state index contributed by atoms with van der Waals surface area (Å²) < 4.78 is 0. The number of carbonyl (C=O) groups is 1. The average Bonchev–Trinajstić information content (AvgIpc) is 2.24. The first-order valence-corrected chi connectivity index (χ1v) is 5.83. The predicted octanol–water partition coefficient (Wildman–Crippen LogP) is 3.95. The Bertz CT molecular complexity index is 349. The zero-order chi connectivity index (χ0) is 12.0. The molecule has 0 aliphatic heterocycles. The van der Waals surface area contributed by atoms with E-state index in [-0.39, 0.29) is 11.7 Å². The van der Waals surface area contributed by atoms with Gasteiger partial charge in [-0.2, -0.15) is 0 Å². The maximum absolute atomic E-state index is 11.4. The molecule has 16 heavy (non-hydrogen) atoms. The lowest BCUT2D eigenvalue weighted by Gasteiger charge is -2.15. The molecule has 86 valence electrons. The molecule has 0 amide bonds. The van der Waals surface area contributed by atoms with Crippen LogP contribution in [-0.4, -0.2) is 5.78 Å². The molecule has 0 radical (unpaired) electrons. The fourth-order valence-electron chi connectivity index (χ4n) is 1.82.